The number of hydrogen-bond donors (Lipinski definition) is 1. The van der Waals surface area contributed by atoms with E-state index >= 15 is 0 Å². The van der Waals surface area contributed by atoms with Crippen LogP contribution in [-0.2, 0) is 30.4 Å². The molecule has 0 saturated carbocycles. The third kappa shape index (κ3) is 3.82. The van der Waals surface area contributed by atoms with Gasteiger partial charge in [0.15, 0.2) is 5.16 Å². The Bertz CT molecular complexity index is 725. The Balaban J connectivity index is 1.54. The van der Waals surface area contributed by atoms with Crippen molar-refractivity contribution >= 4 is 17.6 Å². The molecule has 2 aliphatic carbocycles. The number of ether oxygens (including phenoxy) is 1. The molecule has 0 saturated heterocycles. The Hall–Kier alpha value is -1.59. The Morgan fingerprint density at radius 1 is 1.12 bits per heavy atom. The van der Waals surface area contributed by atoms with E-state index in [9.17, 15) is 0 Å². The first-order chi connectivity index (χ1) is 12.3. The summed E-state index contributed by atoms with van der Waals surface area (Å²) in [6.45, 7) is 0.728. The third-order valence-electron chi connectivity index (χ3n) is 5.07. The zero-order valence-corrected chi connectivity index (χ0v) is 15.6. The average molecular weight is 356 g/mol. The number of rotatable bonds is 6. The number of hydrogen-bond acceptors (Lipinski definition) is 5. The SMILES string of the molecule is COCCSc1nc2c(c(NC3Cc4ccccc4C3)n1)CCCC2. The average Bonchev–Trinajstić information content (AvgIpc) is 3.04. The van der Waals surface area contributed by atoms with Crippen molar-refractivity contribution in [2.75, 3.05) is 24.8 Å². The summed E-state index contributed by atoms with van der Waals surface area (Å²) in [5, 5.41) is 4.64. The number of aromatic nitrogens is 2. The number of benzene rings is 1. The number of fused-ring (bicyclic) bond motifs is 2. The van der Waals surface area contributed by atoms with Crippen LogP contribution < -0.4 is 5.32 Å². The van der Waals surface area contributed by atoms with Crippen LogP contribution in [0.15, 0.2) is 29.4 Å². The maximum Gasteiger partial charge on any atom is 0.189 e. The third-order valence-corrected chi connectivity index (χ3v) is 5.88. The van der Waals surface area contributed by atoms with Crippen LogP contribution in [0.2, 0.25) is 0 Å². The maximum atomic E-state index is 5.16. The van der Waals surface area contributed by atoms with Gasteiger partial charge in [-0.15, -0.1) is 0 Å². The van der Waals surface area contributed by atoms with E-state index in [0.717, 1.165) is 49.0 Å². The normalized spacial score (nSPS) is 16.5. The molecule has 0 radical (unpaired) electrons. The van der Waals surface area contributed by atoms with Gasteiger partial charge in [0.25, 0.3) is 0 Å². The lowest BCUT2D eigenvalue weighted by molar-refractivity contribution is 0.218. The monoisotopic (exact) mass is 355 g/mol. The largest absolute Gasteiger partial charge is 0.384 e. The predicted molar refractivity (Wildman–Crippen MR) is 103 cm³/mol. The zero-order valence-electron chi connectivity index (χ0n) is 14.8. The fraction of sp³-hybridized carbons (Fsp3) is 0.500. The topological polar surface area (TPSA) is 47.0 Å². The number of nitrogens with one attached hydrogen (secondary N) is 1. The molecule has 0 unspecified atom stereocenters. The molecule has 0 spiro atoms. The van der Waals surface area contributed by atoms with Crippen molar-refractivity contribution in [2.45, 2.75) is 49.7 Å². The van der Waals surface area contributed by atoms with E-state index in [-0.39, 0.29) is 0 Å². The second kappa shape index (κ2) is 7.75. The lowest BCUT2D eigenvalue weighted by Gasteiger charge is -2.22. The van der Waals surface area contributed by atoms with Gasteiger partial charge in [-0.2, -0.15) is 0 Å². The summed E-state index contributed by atoms with van der Waals surface area (Å²) in [5.41, 5.74) is 5.53. The molecule has 5 heteroatoms. The van der Waals surface area contributed by atoms with E-state index in [1.54, 1.807) is 18.9 Å². The van der Waals surface area contributed by atoms with Crippen LogP contribution in [0.3, 0.4) is 0 Å². The minimum absolute atomic E-state index is 0.440. The molecule has 2 aromatic rings. The molecule has 0 atom stereocenters. The Morgan fingerprint density at radius 3 is 2.64 bits per heavy atom. The zero-order chi connectivity index (χ0) is 17.1. The predicted octanol–water partition coefficient (Wildman–Crippen LogP) is 3.67. The van der Waals surface area contributed by atoms with Crippen LogP contribution in [0.5, 0.6) is 0 Å². The van der Waals surface area contributed by atoms with Gasteiger partial charge in [0.05, 0.1) is 12.3 Å². The van der Waals surface area contributed by atoms with Crippen LogP contribution in [-0.4, -0.2) is 35.5 Å². The summed E-state index contributed by atoms with van der Waals surface area (Å²) in [5.74, 6) is 1.96. The van der Waals surface area contributed by atoms with E-state index in [0.29, 0.717) is 6.04 Å². The quantitative estimate of drug-likeness (QED) is 0.487. The summed E-state index contributed by atoms with van der Waals surface area (Å²) < 4.78 is 5.16. The standard InChI is InChI=1S/C20H25N3OS/c1-24-10-11-25-20-22-18-9-5-4-8-17(18)19(23-20)21-16-12-14-6-2-3-7-15(14)13-16/h2-3,6-7,16H,4-5,8-13H2,1H3,(H,21,22,23). The van der Waals surface area contributed by atoms with Gasteiger partial charge in [0, 0.05) is 24.5 Å². The second-order valence-electron chi connectivity index (χ2n) is 6.85. The highest BCUT2D eigenvalue weighted by Gasteiger charge is 2.24. The second-order valence-corrected chi connectivity index (χ2v) is 7.91. The Morgan fingerprint density at radius 2 is 1.88 bits per heavy atom. The minimum Gasteiger partial charge on any atom is -0.384 e. The summed E-state index contributed by atoms with van der Waals surface area (Å²) in [6, 6.07) is 9.21. The summed E-state index contributed by atoms with van der Waals surface area (Å²) in [4.78, 5) is 9.69. The Kier molecular flexibility index (Phi) is 5.22. The van der Waals surface area contributed by atoms with Crippen LogP contribution >= 0.6 is 11.8 Å². The molecule has 25 heavy (non-hydrogen) atoms. The highest BCUT2D eigenvalue weighted by atomic mass is 32.2. The van der Waals surface area contributed by atoms with Crippen LogP contribution in [0, 0.1) is 0 Å². The first-order valence-corrected chi connectivity index (χ1v) is 10.2. The highest BCUT2D eigenvalue weighted by molar-refractivity contribution is 7.99. The van der Waals surface area contributed by atoms with Crippen molar-refractivity contribution in [1.82, 2.24) is 9.97 Å². The maximum absolute atomic E-state index is 5.16. The van der Waals surface area contributed by atoms with E-state index in [2.05, 4.69) is 29.6 Å². The van der Waals surface area contributed by atoms with E-state index in [1.807, 2.05) is 0 Å². The molecule has 0 fully saturated rings. The van der Waals surface area contributed by atoms with E-state index in [4.69, 9.17) is 14.7 Å². The van der Waals surface area contributed by atoms with Crippen molar-refractivity contribution < 1.29 is 4.74 Å². The fourth-order valence-corrected chi connectivity index (χ4v) is 4.59. The van der Waals surface area contributed by atoms with E-state index in [1.165, 1.54) is 35.2 Å². The van der Waals surface area contributed by atoms with Gasteiger partial charge in [-0.05, 0) is 49.7 Å². The van der Waals surface area contributed by atoms with Gasteiger partial charge in [-0.25, -0.2) is 9.97 Å². The van der Waals surface area contributed by atoms with Crippen molar-refractivity contribution in [3.8, 4) is 0 Å². The van der Waals surface area contributed by atoms with Crippen LogP contribution in [0.4, 0.5) is 5.82 Å². The minimum atomic E-state index is 0.440. The van der Waals surface area contributed by atoms with Crippen molar-refractivity contribution in [3.05, 3.63) is 46.6 Å². The molecular weight excluding hydrogens is 330 g/mol. The molecule has 0 aliphatic heterocycles. The number of methoxy groups -OCH3 is 1. The lowest BCUT2D eigenvalue weighted by atomic mass is 9.96. The molecule has 0 amide bonds. The van der Waals surface area contributed by atoms with E-state index < -0.39 is 0 Å². The molecule has 1 aromatic heterocycles. The lowest BCUT2D eigenvalue weighted by Crippen LogP contribution is -2.23. The van der Waals surface area contributed by atoms with Gasteiger partial charge in [-0.1, -0.05) is 36.0 Å². The molecule has 4 rings (SSSR count). The molecule has 1 aromatic carbocycles. The fourth-order valence-electron chi connectivity index (χ4n) is 3.83. The first-order valence-electron chi connectivity index (χ1n) is 9.18. The summed E-state index contributed by atoms with van der Waals surface area (Å²) >= 11 is 1.69. The van der Waals surface area contributed by atoms with Gasteiger partial charge >= 0.3 is 0 Å². The highest BCUT2D eigenvalue weighted by Crippen LogP contribution is 2.31. The molecular formula is C20H25N3OS. The number of nitrogens with zero attached hydrogens (tertiary/aromatic N) is 2. The Labute approximate surface area is 153 Å². The van der Waals surface area contributed by atoms with Crippen molar-refractivity contribution in [3.63, 3.8) is 0 Å². The first kappa shape index (κ1) is 16.9. The molecule has 132 valence electrons. The van der Waals surface area contributed by atoms with Crippen LogP contribution in [0.1, 0.15) is 35.2 Å². The smallest absolute Gasteiger partial charge is 0.189 e. The van der Waals surface area contributed by atoms with Crippen molar-refractivity contribution in [2.24, 2.45) is 0 Å². The number of thioether (sulfide) groups is 1. The van der Waals surface area contributed by atoms with Crippen LogP contribution in [0.25, 0.3) is 0 Å². The number of anilines is 1. The van der Waals surface area contributed by atoms with Crippen molar-refractivity contribution in [1.29, 1.82) is 0 Å². The molecule has 4 nitrogen and oxygen atoms in total. The summed E-state index contributed by atoms with van der Waals surface area (Å²) in [7, 11) is 1.74. The van der Waals surface area contributed by atoms with Gasteiger partial charge in [0.1, 0.15) is 5.82 Å². The summed E-state index contributed by atoms with van der Waals surface area (Å²) in [6.07, 6.45) is 6.82. The molecule has 1 N–H and O–H groups in total. The van der Waals surface area contributed by atoms with Gasteiger partial charge < -0.3 is 10.1 Å². The molecule has 1 heterocycles. The molecule has 2 aliphatic rings. The number of aryl methyl sites for hydroxylation is 1. The molecule has 0 bridgehead atoms. The van der Waals surface area contributed by atoms with Gasteiger partial charge in [0.2, 0.25) is 0 Å². The van der Waals surface area contributed by atoms with Gasteiger partial charge in [-0.3, -0.25) is 0 Å².